The largest absolute Gasteiger partial charge is 0.391 e. The second-order valence-electron chi connectivity index (χ2n) is 6.58. The molecule has 24 heavy (non-hydrogen) atoms. The van der Waals surface area contributed by atoms with E-state index >= 15 is 0 Å². The molecule has 1 aromatic rings. The highest BCUT2D eigenvalue weighted by molar-refractivity contribution is 5.82. The van der Waals surface area contributed by atoms with Gasteiger partial charge in [-0.2, -0.15) is 0 Å². The Labute approximate surface area is 145 Å². The van der Waals surface area contributed by atoms with E-state index in [1.807, 2.05) is 32.2 Å². The maximum Gasteiger partial charge on any atom is 0.101 e. The maximum atomic E-state index is 9.87. The molecule has 1 aliphatic carbocycles. The molecule has 1 aliphatic rings. The van der Waals surface area contributed by atoms with Crippen molar-refractivity contribution >= 4 is 11.5 Å². The van der Waals surface area contributed by atoms with Gasteiger partial charge in [0.25, 0.3) is 0 Å². The monoisotopic (exact) mass is 333 g/mol. The fourth-order valence-electron chi connectivity index (χ4n) is 2.90. The Morgan fingerprint density at radius 2 is 2.17 bits per heavy atom. The van der Waals surface area contributed by atoms with Crippen LogP contribution in [-0.4, -0.2) is 48.8 Å². The quantitative estimate of drug-likeness (QED) is 0.436. The normalized spacial score (nSPS) is 20.3. The molecule has 2 rings (SSSR count). The van der Waals surface area contributed by atoms with Gasteiger partial charge in [-0.05, 0) is 36.6 Å². The first-order valence-electron chi connectivity index (χ1n) is 8.93. The lowest BCUT2D eigenvalue weighted by molar-refractivity contribution is 0.121. The molecule has 1 aromatic carbocycles. The van der Waals surface area contributed by atoms with Crippen LogP contribution in [0.25, 0.3) is 0 Å². The molecule has 0 amide bonds. The average Bonchev–Trinajstić information content (AvgIpc) is 2.85. The zero-order valence-corrected chi connectivity index (χ0v) is 15.2. The molecule has 0 unspecified atom stereocenters. The van der Waals surface area contributed by atoms with Gasteiger partial charge in [0.15, 0.2) is 0 Å². The minimum Gasteiger partial charge on any atom is -0.391 e. The van der Waals surface area contributed by atoms with Crippen LogP contribution in [0, 0.1) is 0 Å². The number of unbranched alkanes of at least 4 members (excludes halogenated alkanes) is 2. The van der Waals surface area contributed by atoms with Crippen LogP contribution < -0.4 is 5.73 Å². The molecule has 0 saturated heterocycles. The molecule has 0 fully saturated rings. The van der Waals surface area contributed by atoms with Crippen molar-refractivity contribution in [2.24, 2.45) is 10.7 Å². The summed E-state index contributed by atoms with van der Waals surface area (Å²) in [6.07, 6.45) is 3.73. The van der Waals surface area contributed by atoms with Gasteiger partial charge < -0.3 is 20.5 Å². The standard InChI is InChI=1S/C19H31N3O2/c1-4-5-6-10-24-11-9-22(3)14(2)21-16-8-7-15-12-18(23)19(20)17(15)13-16/h7-8,13,18-19,23H,4-6,9-12,20H2,1-3H3/t18-,19-/m1/s1. The van der Waals surface area contributed by atoms with Crippen LogP contribution in [-0.2, 0) is 11.2 Å². The molecule has 5 heteroatoms. The molecular weight excluding hydrogens is 302 g/mol. The number of aliphatic hydroxyl groups excluding tert-OH is 1. The van der Waals surface area contributed by atoms with E-state index in [2.05, 4.69) is 16.8 Å². The van der Waals surface area contributed by atoms with Gasteiger partial charge in [0, 0.05) is 26.6 Å². The Bertz CT molecular complexity index is 560. The van der Waals surface area contributed by atoms with E-state index in [9.17, 15) is 5.11 Å². The summed E-state index contributed by atoms with van der Waals surface area (Å²) in [6.45, 7) is 6.57. The minimum absolute atomic E-state index is 0.301. The van der Waals surface area contributed by atoms with Gasteiger partial charge >= 0.3 is 0 Å². The summed E-state index contributed by atoms with van der Waals surface area (Å²) in [4.78, 5) is 6.77. The third kappa shape index (κ3) is 5.03. The number of benzene rings is 1. The predicted octanol–water partition coefficient (Wildman–Crippen LogP) is 2.79. The fourth-order valence-corrected chi connectivity index (χ4v) is 2.90. The van der Waals surface area contributed by atoms with Crippen molar-refractivity contribution in [2.75, 3.05) is 26.8 Å². The molecule has 5 nitrogen and oxygen atoms in total. The number of nitrogens with two attached hydrogens (primary N) is 1. The number of nitrogens with zero attached hydrogens (tertiary/aromatic N) is 2. The SMILES string of the molecule is CCCCCOCCN(C)C(C)=Nc1ccc2c(c1)[C@@H](N)[C@H](O)C2. The second-order valence-corrected chi connectivity index (χ2v) is 6.58. The van der Waals surface area contributed by atoms with E-state index in [1.54, 1.807) is 0 Å². The summed E-state index contributed by atoms with van der Waals surface area (Å²) in [5.41, 5.74) is 9.06. The van der Waals surface area contributed by atoms with Crippen LogP contribution in [0.5, 0.6) is 0 Å². The third-order valence-corrected chi connectivity index (χ3v) is 4.64. The number of aliphatic imine (C=N–C) groups is 1. The smallest absolute Gasteiger partial charge is 0.101 e. The van der Waals surface area contributed by atoms with Crippen molar-refractivity contribution in [2.45, 2.75) is 51.7 Å². The van der Waals surface area contributed by atoms with E-state index in [-0.39, 0.29) is 6.04 Å². The number of aliphatic hydroxyl groups is 1. The first kappa shape index (κ1) is 18.9. The van der Waals surface area contributed by atoms with E-state index in [4.69, 9.17) is 10.5 Å². The van der Waals surface area contributed by atoms with Gasteiger partial charge in [-0.3, -0.25) is 0 Å². The topological polar surface area (TPSA) is 71.1 Å². The predicted molar refractivity (Wildman–Crippen MR) is 98.8 cm³/mol. The minimum atomic E-state index is -0.479. The van der Waals surface area contributed by atoms with Crippen molar-refractivity contribution in [3.05, 3.63) is 29.3 Å². The first-order chi connectivity index (χ1) is 11.5. The Kier molecular flexibility index (Phi) is 7.21. The molecule has 0 aromatic heterocycles. The summed E-state index contributed by atoms with van der Waals surface area (Å²) in [5.74, 6) is 0.944. The van der Waals surface area contributed by atoms with Crippen molar-refractivity contribution in [3.8, 4) is 0 Å². The number of ether oxygens (including phenoxy) is 1. The lowest BCUT2D eigenvalue weighted by atomic mass is 10.1. The maximum absolute atomic E-state index is 9.87. The molecule has 0 saturated carbocycles. The van der Waals surface area contributed by atoms with Crippen LogP contribution in [0.4, 0.5) is 5.69 Å². The average molecular weight is 333 g/mol. The van der Waals surface area contributed by atoms with Crippen LogP contribution >= 0.6 is 0 Å². The molecule has 3 N–H and O–H groups in total. The second kappa shape index (κ2) is 9.16. The highest BCUT2D eigenvalue weighted by Crippen LogP contribution is 2.32. The van der Waals surface area contributed by atoms with E-state index < -0.39 is 6.10 Å². The zero-order chi connectivity index (χ0) is 17.5. The molecule has 0 radical (unpaired) electrons. The van der Waals surface area contributed by atoms with Gasteiger partial charge in [0.05, 0.1) is 24.4 Å². The van der Waals surface area contributed by atoms with Crippen molar-refractivity contribution < 1.29 is 9.84 Å². The van der Waals surface area contributed by atoms with Crippen molar-refractivity contribution in [1.82, 2.24) is 4.90 Å². The number of rotatable bonds is 8. The molecule has 0 heterocycles. The van der Waals surface area contributed by atoms with Crippen molar-refractivity contribution in [1.29, 1.82) is 0 Å². The lowest BCUT2D eigenvalue weighted by Gasteiger charge is -2.19. The van der Waals surface area contributed by atoms with Gasteiger partial charge in [0.2, 0.25) is 0 Å². The van der Waals surface area contributed by atoms with Gasteiger partial charge in [-0.1, -0.05) is 25.8 Å². The van der Waals surface area contributed by atoms with Crippen LogP contribution in [0.2, 0.25) is 0 Å². The van der Waals surface area contributed by atoms with Gasteiger partial charge in [-0.15, -0.1) is 0 Å². The number of amidine groups is 1. The molecule has 0 spiro atoms. The van der Waals surface area contributed by atoms with Gasteiger partial charge in [-0.25, -0.2) is 4.99 Å². The van der Waals surface area contributed by atoms with E-state index in [0.717, 1.165) is 42.2 Å². The summed E-state index contributed by atoms with van der Waals surface area (Å²) >= 11 is 0. The Hall–Kier alpha value is -1.43. The first-order valence-corrected chi connectivity index (χ1v) is 8.93. The number of hydrogen-bond acceptors (Lipinski definition) is 4. The van der Waals surface area contributed by atoms with Crippen molar-refractivity contribution in [3.63, 3.8) is 0 Å². The highest BCUT2D eigenvalue weighted by Gasteiger charge is 2.27. The fraction of sp³-hybridized carbons (Fsp3) is 0.632. The molecule has 0 bridgehead atoms. The van der Waals surface area contributed by atoms with Crippen LogP contribution in [0.15, 0.2) is 23.2 Å². The van der Waals surface area contributed by atoms with E-state index in [0.29, 0.717) is 13.0 Å². The number of hydrogen-bond donors (Lipinski definition) is 2. The lowest BCUT2D eigenvalue weighted by Crippen LogP contribution is -2.28. The molecule has 2 atom stereocenters. The highest BCUT2D eigenvalue weighted by atomic mass is 16.5. The zero-order valence-electron chi connectivity index (χ0n) is 15.2. The van der Waals surface area contributed by atoms with Gasteiger partial charge in [0.1, 0.15) is 5.84 Å². The Balaban J connectivity index is 1.86. The molecule has 0 aliphatic heterocycles. The Morgan fingerprint density at radius 1 is 1.38 bits per heavy atom. The third-order valence-electron chi connectivity index (χ3n) is 4.64. The summed E-state index contributed by atoms with van der Waals surface area (Å²) in [7, 11) is 2.02. The van der Waals surface area contributed by atoms with Crippen LogP contribution in [0.1, 0.15) is 50.3 Å². The summed E-state index contributed by atoms with van der Waals surface area (Å²) in [6, 6.07) is 5.70. The number of likely N-dealkylation sites (N-methyl/N-ethyl adjacent to an activating group) is 1. The summed E-state index contributed by atoms with van der Waals surface area (Å²) < 4.78 is 5.65. The summed E-state index contributed by atoms with van der Waals surface area (Å²) in [5, 5.41) is 9.87. The van der Waals surface area contributed by atoms with E-state index in [1.165, 1.54) is 12.8 Å². The number of fused-ring (bicyclic) bond motifs is 1. The molecular formula is C19H31N3O2. The molecule has 134 valence electrons. The van der Waals surface area contributed by atoms with Crippen LogP contribution in [0.3, 0.4) is 0 Å². The Morgan fingerprint density at radius 3 is 2.92 bits per heavy atom.